The van der Waals surface area contributed by atoms with Gasteiger partial charge in [-0.2, -0.15) is 0 Å². The lowest BCUT2D eigenvalue weighted by Crippen LogP contribution is -2.26. The van der Waals surface area contributed by atoms with Gasteiger partial charge in [-0.05, 0) is 47.9 Å². The summed E-state index contributed by atoms with van der Waals surface area (Å²) in [6, 6.07) is 22.3. The highest BCUT2D eigenvalue weighted by molar-refractivity contribution is 7.98. The molecule has 0 saturated heterocycles. The molecular weight excluding hydrogens is 489 g/mol. The van der Waals surface area contributed by atoms with Crippen LogP contribution < -0.4 is 10.9 Å². The molecule has 4 rings (SSSR count). The second-order valence-electron chi connectivity index (χ2n) is 7.76. The Labute approximate surface area is 212 Å². The summed E-state index contributed by atoms with van der Waals surface area (Å²) in [6.07, 6.45) is 0.815. The molecule has 0 radical (unpaired) electrons. The van der Waals surface area contributed by atoms with E-state index in [2.05, 4.69) is 5.32 Å². The number of rotatable bonds is 9. The van der Waals surface area contributed by atoms with Gasteiger partial charge in [-0.3, -0.25) is 14.2 Å². The SMILES string of the molecule is O=C(CCCn1c(SCc2ccccc2Cl)nc2ccccc2c1=O)NCc1cccc(Cl)c1. The van der Waals surface area contributed by atoms with E-state index in [9.17, 15) is 9.59 Å². The van der Waals surface area contributed by atoms with Gasteiger partial charge in [-0.25, -0.2) is 4.98 Å². The maximum atomic E-state index is 13.2. The topological polar surface area (TPSA) is 64.0 Å². The summed E-state index contributed by atoms with van der Waals surface area (Å²) >= 11 is 13.8. The Morgan fingerprint density at radius 3 is 2.62 bits per heavy atom. The van der Waals surface area contributed by atoms with Crippen molar-refractivity contribution < 1.29 is 4.79 Å². The van der Waals surface area contributed by atoms with Gasteiger partial charge in [0.15, 0.2) is 5.16 Å². The second kappa shape index (κ2) is 11.6. The van der Waals surface area contributed by atoms with Gasteiger partial charge in [0.05, 0.1) is 10.9 Å². The summed E-state index contributed by atoms with van der Waals surface area (Å²) in [6.45, 7) is 0.807. The second-order valence-corrected chi connectivity index (χ2v) is 9.54. The number of hydrogen-bond acceptors (Lipinski definition) is 4. The lowest BCUT2D eigenvalue weighted by Gasteiger charge is -2.13. The van der Waals surface area contributed by atoms with E-state index in [0.717, 1.165) is 11.1 Å². The highest BCUT2D eigenvalue weighted by atomic mass is 35.5. The van der Waals surface area contributed by atoms with Gasteiger partial charge in [0.2, 0.25) is 5.91 Å². The molecule has 3 aromatic carbocycles. The number of nitrogens with zero attached hydrogens (tertiary/aromatic N) is 2. The monoisotopic (exact) mass is 511 g/mol. The maximum Gasteiger partial charge on any atom is 0.262 e. The highest BCUT2D eigenvalue weighted by Gasteiger charge is 2.13. The number of amides is 1. The van der Waals surface area contributed by atoms with E-state index in [-0.39, 0.29) is 11.5 Å². The Bertz CT molecular complexity index is 1370. The Morgan fingerprint density at radius 2 is 1.79 bits per heavy atom. The molecule has 0 fully saturated rings. The van der Waals surface area contributed by atoms with Crippen LogP contribution in [0.5, 0.6) is 0 Å². The van der Waals surface area contributed by atoms with Crippen LogP contribution >= 0.6 is 35.0 Å². The zero-order valence-corrected chi connectivity index (χ0v) is 20.7. The van der Waals surface area contributed by atoms with Crippen molar-refractivity contribution >= 4 is 51.8 Å². The third-order valence-corrected chi connectivity index (χ3v) is 6.93. The Hall–Kier alpha value is -2.80. The number of para-hydroxylation sites is 1. The molecule has 1 heterocycles. The molecule has 1 aromatic heterocycles. The smallest absolute Gasteiger partial charge is 0.262 e. The number of nitrogens with one attached hydrogen (secondary N) is 1. The zero-order valence-electron chi connectivity index (χ0n) is 18.3. The molecule has 0 saturated carbocycles. The molecule has 5 nitrogen and oxygen atoms in total. The van der Waals surface area contributed by atoms with Crippen LogP contribution in [0, 0.1) is 0 Å². The molecule has 1 N–H and O–H groups in total. The van der Waals surface area contributed by atoms with Crippen molar-refractivity contribution in [2.24, 2.45) is 0 Å². The van der Waals surface area contributed by atoms with Crippen LogP contribution in [0.25, 0.3) is 10.9 Å². The summed E-state index contributed by atoms with van der Waals surface area (Å²) < 4.78 is 1.66. The standard InChI is InChI=1S/C26H23Cl2N3O2S/c27-20-9-5-7-18(15-20)16-29-24(32)13-6-14-31-25(33)21-10-2-4-12-23(21)30-26(31)34-17-19-8-1-3-11-22(19)28/h1-5,7-12,15H,6,13-14,16-17H2,(H,29,32). The summed E-state index contributed by atoms with van der Waals surface area (Å²) in [7, 11) is 0. The first-order chi connectivity index (χ1) is 16.5. The molecule has 0 aliphatic carbocycles. The lowest BCUT2D eigenvalue weighted by atomic mass is 10.2. The van der Waals surface area contributed by atoms with Crippen molar-refractivity contribution in [3.05, 3.63) is 104 Å². The number of halogens is 2. The first-order valence-corrected chi connectivity index (χ1v) is 12.6. The number of aromatic nitrogens is 2. The number of fused-ring (bicyclic) bond motifs is 1. The molecule has 0 bridgehead atoms. The van der Waals surface area contributed by atoms with Gasteiger partial charge in [0.25, 0.3) is 5.56 Å². The number of thioether (sulfide) groups is 1. The van der Waals surface area contributed by atoms with Crippen LogP contribution in [-0.2, 0) is 23.6 Å². The summed E-state index contributed by atoms with van der Waals surface area (Å²) in [5.74, 6) is 0.511. The van der Waals surface area contributed by atoms with Crippen LogP contribution in [0.15, 0.2) is 82.7 Å². The first kappa shape index (κ1) is 24.3. The Morgan fingerprint density at radius 1 is 1.00 bits per heavy atom. The van der Waals surface area contributed by atoms with E-state index < -0.39 is 0 Å². The largest absolute Gasteiger partial charge is 0.352 e. The molecule has 0 spiro atoms. The van der Waals surface area contributed by atoms with Crippen molar-refractivity contribution in [2.45, 2.75) is 36.8 Å². The Kier molecular flexibility index (Phi) is 8.27. The van der Waals surface area contributed by atoms with E-state index in [1.54, 1.807) is 16.7 Å². The minimum atomic E-state index is -0.105. The van der Waals surface area contributed by atoms with Crippen LogP contribution in [-0.4, -0.2) is 15.5 Å². The van der Waals surface area contributed by atoms with Gasteiger partial charge in [0, 0.05) is 35.3 Å². The average molecular weight is 512 g/mol. The van der Waals surface area contributed by atoms with Crippen molar-refractivity contribution in [1.82, 2.24) is 14.9 Å². The predicted octanol–water partition coefficient (Wildman–Crippen LogP) is 6.09. The van der Waals surface area contributed by atoms with Crippen LogP contribution in [0.3, 0.4) is 0 Å². The summed E-state index contributed by atoms with van der Waals surface area (Å²) in [5.41, 5.74) is 2.47. The van der Waals surface area contributed by atoms with Gasteiger partial charge in [-0.1, -0.05) is 77.4 Å². The average Bonchev–Trinajstić information content (AvgIpc) is 2.84. The van der Waals surface area contributed by atoms with E-state index in [4.69, 9.17) is 28.2 Å². The highest BCUT2D eigenvalue weighted by Crippen LogP contribution is 2.26. The fourth-order valence-corrected chi connectivity index (χ4v) is 5.07. The van der Waals surface area contributed by atoms with Crippen LogP contribution in [0.4, 0.5) is 0 Å². The van der Waals surface area contributed by atoms with Crippen molar-refractivity contribution in [3.8, 4) is 0 Å². The van der Waals surface area contributed by atoms with Crippen molar-refractivity contribution in [3.63, 3.8) is 0 Å². The minimum Gasteiger partial charge on any atom is -0.352 e. The third kappa shape index (κ3) is 6.20. The normalized spacial score (nSPS) is 11.0. The lowest BCUT2D eigenvalue weighted by molar-refractivity contribution is -0.121. The van der Waals surface area contributed by atoms with E-state index >= 15 is 0 Å². The number of carbonyl (C=O) groups excluding carboxylic acids is 1. The molecule has 0 aliphatic heterocycles. The molecule has 0 unspecified atom stereocenters. The Balaban J connectivity index is 1.45. The quantitative estimate of drug-likeness (QED) is 0.218. The zero-order chi connectivity index (χ0) is 23.9. The van der Waals surface area contributed by atoms with Crippen LogP contribution in [0.1, 0.15) is 24.0 Å². The number of carbonyl (C=O) groups is 1. The third-order valence-electron chi connectivity index (χ3n) is 5.31. The molecule has 8 heteroatoms. The first-order valence-electron chi connectivity index (χ1n) is 10.9. The molecule has 4 aromatic rings. The molecule has 34 heavy (non-hydrogen) atoms. The van der Waals surface area contributed by atoms with Crippen molar-refractivity contribution in [2.75, 3.05) is 0 Å². The molecule has 1 amide bonds. The maximum absolute atomic E-state index is 13.2. The van der Waals surface area contributed by atoms with E-state index in [0.29, 0.717) is 57.8 Å². The summed E-state index contributed by atoms with van der Waals surface area (Å²) in [4.78, 5) is 30.3. The van der Waals surface area contributed by atoms with E-state index in [1.165, 1.54) is 11.8 Å². The number of benzene rings is 3. The summed E-state index contributed by atoms with van der Waals surface area (Å²) in [5, 5.41) is 5.40. The predicted molar refractivity (Wildman–Crippen MR) is 140 cm³/mol. The molecular formula is C26H23Cl2N3O2S. The van der Waals surface area contributed by atoms with Gasteiger partial charge < -0.3 is 5.32 Å². The van der Waals surface area contributed by atoms with Gasteiger partial charge in [-0.15, -0.1) is 0 Å². The van der Waals surface area contributed by atoms with E-state index in [1.807, 2.05) is 60.7 Å². The molecule has 174 valence electrons. The van der Waals surface area contributed by atoms with Gasteiger partial charge >= 0.3 is 0 Å². The van der Waals surface area contributed by atoms with Crippen LogP contribution in [0.2, 0.25) is 10.0 Å². The van der Waals surface area contributed by atoms with Crippen molar-refractivity contribution in [1.29, 1.82) is 0 Å². The minimum absolute atomic E-state index is 0.0768. The molecule has 0 aliphatic rings. The fraction of sp³-hybridized carbons (Fsp3) is 0.192. The number of hydrogen-bond donors (Lipinski definition) is 1. The van der Waals surface area contributed by atoms with Gasteiger partial charge in [0.1, 0.15) is 0 Å². The molecule has 0 atom stereocenters. The fourth-order valence-electron chi connectivity index (χ4n) is 3.55.